The summed E-state index contributed by atoms with van der Waals surface area (Å²) in [6, 6.07) is 2.78. The van der Waals surface area contributed by atoms with Gasteiger partial charge in [-0.2, -0.15) is 9.65 Å². The summed E-state index contributed by atoms with van der Waals surface area (Å²) in [6.07, 6.45) is 1.10. The standard InChI is InChI=1S/C6H4FN3/c7-6-1-5(9)4(2-8)3-10-6/h1,3H,(H2,9,10). The minimum absolute atomic E-state index is 0.120. The van der Waals surface area contributed by atoms with Crippen molar-refractivity contribution in [1.82, 2.24) is 4.98 Å². The smallest absolute Gasteiger partial charge is 0.214 e. The normalized spacial score (nSPS) is 8.80. The molecule has 0 aliphatic rings. The quantitative estimate of drug-likeness (QED) is 0.534. The lowest BCUT2D eigenvalue weighted by Crippen LogP contribution is -1.93. The second-order valence-corrected chi connectivity index (χ2v) is 1.71. The van der Waals surface area contributed by atoms with Gasteiger partial charge in [-0.05, 0) is 0 Å². The number of aromatic nitrogens is 1. The average molecular weight is 137 g/mol. The van der Waals surface area contributed by atoms with Gasteiger partial charge in [0.2, 0.25) is 5.95 Å². The number of nitrogens with zero attached hydrogens (tertiary/aromatic N) is 2. The minimum atomic E-state index is -0.670. The number of hydrogen-bond donors (Lipinski definition) is 1. The van der Waals surface area contributed by atoms with Crippen molar-refractivity contribution >= 4 is 5.69 Å². The Morgan fingerprint density at radius 3 is 2.90 bits per heavy atom. The van der Waals surface area contributed by atoms with Crippen molar-refractivity contribution in [2.75, 3.05) is 5.73 Å². The summed E-state index contributed by atoms with van der Waals surface area (Å²) >= 11 is 0. The lowest BCUT2D eigenvalue weighted by Gasteiger charge is -1.93. The van der Waals surface area contributed by atoms with Crippen LogP contribution in [0.1, 0.15) is 5.56 Å². The first kappa shape index (κ1) is 6.49. The molecule has 0 fully saturated rings. The summed E-state index contributed by atoms with van der Waals surface area (Å²) in [5, 5.41) is 8.32. The summed E-state index contributed by atoms with van der Waals surface area (Å²) in [5.41, 5.74) is 5.55. The number of rotatable bonds is 0. The first-order valence-electron chi connectivity index (χ1n) is 2.55. The maximum Gasteiger partial charge on any atom is 0.214 e. The fourth-order valence-electron chi connectivity index (χ4n) is 0.538. The first-order valence-corrected chi connectivity index (χ1v) is 2.55. The Morgan fingerprint density at radius 1 is 1.70 bits per heavy atom. The molecule has 0 radical (unpaired) electrons. The van der Waals surface area contributed by atoms with E-state index in [1.165, 1.54) is 0 Å². The Kier molecular flexibility index (Phi) is 1.50. The van der Waals surface area contributed by atoms with Gasteiger partial charge in [0.15, 0.2) is 0 Å². The summed E-state index contributed by atoms with van der Waals surface area (Å²) in [7, 11) is 0. The van der Waals surface area contributed by atoms with Gasteiger partial charge in [-0.15, -0.1) is 0 Å². The maximum atomic E-state index is 12.2. The summed E-state index contributed by atoms with van der Waals surface area (Å²) < 4.78 is 12.2. The molecule has 0 spiro atoms. The Hall–Kier alpha value is -1.63. The molecule has 0 atom stereocenters. The lowest BCUT2D eigenvalue weighted by molar-refractivity contribution is 0.584. The molecule has 0 aromatic carbocycles. The van der Waals surface area contributed by atoms with Gasteiger partial charge in [0, 0.05) is 12.3 Å². The van der Waals surface area contributed by atoms with Gasteiger partial charge in [-0.25, -0.2) is 4.98 Å². The Labute approximate surface area is 56.9 Å². The van der Waals surface area contributed by atoms with E-state index in [0.29, 0.717) is 0 Å². The van der Waals surface area contributed by atoms with Crippen LogP contribution in [-0.2, 0) is 0 Å². The number of nitrogens with two attached hydrogens (primary N) is 1. The van der Waals surface area contributed by atoms with E-state index in [1.54, 1.807) is 6.07 Å². The van der Waals surface area contributed by atoms with Gasteiger partial charge in [0.05, 0.1) is 11.3 Å². The van der Waals surface area contributed by atoms with Crippen molar-refractivity contribution in [3.05, 3.63) is 23.8 Å². The minimum Gasteiger partial charge on any atom is -0.397 e. The van der Waals surface area contributed by atoms with Crippen molar-refractivity contribution in [3.8, 4) is 6.07 Å². The largest absolute Gasteiger partial charge is 0.397 e. The van der Waals surface area contributed by atoms with Gasteiger partial charge in [-0.3, -0.25) is 0 Å². The highest BCUT2D eigenvalue weighted by Gasteiger charge is 1.98. The van der Waals surface area contributed by atoms with E-state index < -0.39 is 5.95 Å². The fourth-order valence-corrected chi connectivity index (χ4v) is 0.538. The molecule has 0 saturated carbocycles. The number of hydrogen-bond acceptors (Lipinski definition) is 3. The molecule has 3 nitrogen and oxygen atoms in total. The molecule has 10 heavy (non-hydrogen) atoms. The van der Waals surface area contributed by atoms with Crippen molar-refractivity contribution in [1.29, 1.82) is 5.26 Å². The summed E-state index contributed by atoms with van der Waals surface area (Å²) in [4.78, 5) is 3.24. The summed E-state index contributed by atoms with van der Waals surface area (Å²) in [6.45, 7) is 0. The molecule has 2 N–H and O–H groups in total. The van der Waals surface area contributed by atoms with E-state index in [9.17, 15) is 4.39 Å². The van der Waals surface area contributed by atoms with Gasteiger partial charge in [0.25, 0.3) is 0 Å². The fraction of sp³-hybridized carbons (Fsp3) is 0. The Morgan fingerprint density at radius 2 is 2.40 bits per heavy atom. The zero-order valence-corrected chi connectivity index (χ0v) is 5.00. The molecule has 1 aromatic heterocycles. The van der Waals surface area contributed by atoms with Crippen LogP contribution in [0, 0.1) is 17.3 Å². The number of halogens is 1. The highest BCUT2D eigenvalue weighted by molar-refractivity contribution is 5.51. The zero-order valence-electron chi connectivity index (χ0n) is 5.00. The second kappa shape index (κ2) is 2.31. The van der Waals surface area contributed by atoms with Gasteiger partial charge in [0.1, 0.15) is 6.07 Å². The van der Waals surface area contributed by atoms with Crippen LogP contribution >= 0.6 is 0 Å². The Balaban J connectivity index is 3.23. The van der Waals surface area contributed by atoms with Crippen LogP contribution < -0.4 is 5.73 Å². The molecular weight excluding hydrogens is 133 g/mol. The molecule has 1 rings (SSSR count). The molecule has 0 saturated heterocycles. The molecule has 50 valence electrons. The van der Waals surface area contributed by atoms with Gasteiger partial charge in [-0.1, -0.05) is 0 Å². The highest BCUT2D eigenvalue weighted by atomic mass is 19.1. The van der Waals surface area contributed by atoms with Gasteiger partial charge >= 0.3 is 0 Å². The zero-order chi connectivity index (χ0) is 7.56. The van der Waals surface area contributed by atoms with E-state index in [4.69, 9.17) is 11.0 Å². The number of anilines is 1. The van der Waals surface area contributed by atoms with Crippen LogP contribution in [0.25, 0.3) is 0 Å². The van der Waals surface area contributed by atoms with Crippen LogP contribution in [0.5, 0.6) is 0 Å². The van der Waals surface area contributed by atoms with Crippen LogP contribution in [0.15, 0.2) is 12.3 Å². The summed E-state index contributed by atoms with van der Waals surface area (Å²) in [5.74, 6) is -0.670. The first-order chi connectivity index (χ1) is 4.74. The average Bonchev–Trinajstić information content (AvgIpc) is 1.88. The number of pyridine rings is 1. The van der Waals surface area contributed by atoms with E-state index in [-0.39, 0.29) is 11.3 Å². The van der Waals surface area contributed by atoms with Gasteiger partial charge < -0.3 is 5.73 Å². The lowest BCUT2D eigenvalue weighted by atomic mass is 10.3. The molecule has 0 aliphatic carbocycles. The molecular formula is C6H4FN3. The second-order valence-electron chi connectivity index (χ2n) is 1.71. The van der Waals surface area contributed by atoms with E-state index in [0.717, 1.165) is 12.3 Å². The van der Waals surface area contributed by atoms with Crippen molar-refractivity contribution in [2.45, 2.75) is 0 Å². The van der Waals surface area contributed by atoms with Crippen molar-refractivity contribution < 1.29 is 4.39 Å². The molecule has 1 heterocycles. The topological polar surface area (TPSA) is 62.7 Å². The number of nitriles is 1. The molecule has 4 heteroatoms. The predicted molar refractivity (Wildman–Crippen MR) is 33.3 cm³/mol. The molecule has 0 aliphatic heterocycles. The molecule has 0 bridgehead atoms. The van der Waals surface area contributed by atoms with Crippen molar-refractivity contribution in [2.24, 2.45) is 0 Å². The van der Waals surface area contributed by atoms with E-state index in [1.807, 2.05) is 0 Å². The molecule has 0 amide bonds. The molecule has 0 unspecified atom stereocenters. The Bertz CT molecular complexity index is 290. The van der Waals surface area contributed by atoms with E-state index >= 15 is 0 Å². The third-order valence-electron chi connectivity index (χ3n) is 1.02. The SMILES string of the molecule is N#Cc1cnc(F)cc1N. The van der Waals surface area contributed by atoms with Crippen molar-refractivity contribution in [3.63, 3.8) is 0 Å². The van der Waals surface area contributed by atoms with Crippen LogP contribution in [0.4, 0.5) is 10.1 Å². The third-order valence-corrected chi connectivity index (χ3v) is 1.02. The predicted octanol–water partition coefficient (Wildman–Crippen LogP) is 0.675. The van der Waals surface area contributed by atoms with Crippen LogP contribution in [0.3, 0.4) is 0 Å². The van der Waals surface area contributed by atoms with Crippen LogP contribution in [-0.4, -0.2) is 4.98 Å². The highest BCUT2D eigenvalue weighted by Crippen LogP contribution is 2.08. The number of nitrogen functional groups attached to an aromatic ring is 1. The van der Waals surface area contributed by atoms with E-state index in [2.05, 4.69) is 4.98 Å². The third kappa shape index (κ3) is 1.03. The monoisotopic (exact) mass is 137 g/mol. The molecule has 1 aromatic rings. The maximum absolute atomic E-state index is 12.2. The van der Waals surface area contributed by atoms with Crippen LogP contribution in [0.2, 0.25) is 0 Å².